The Morgan fingerprint density at radius 1 is 0.905 bits per heavy atom. The van der Waals surface area contributed by atoms with E-state index in [1.807, 2.05) is 0 Å². The van der Waals surface area contributed by atoms with Gasteiger partial charge in [0.25, 0.3) is 0 Å². The van der Waals surface area contributed by atoms with Crippen LogP contribution in [0.5, 0.6) is 0 Å². The topological polar surface area (TPSA) is 44.8 Å². The summed E-state index contributed by atoms with van der Waals surface area (Å²) in [4.78, 5) is 13.3. The van der Waals surface area contributed by atoms with Crippen molar-refractivity contribution in [3.63, 3.8) is 0 Å². The first-order valence-corrected chi connectivity index (χ1v) is 7.46. The molecule has 0 atom stereocenters. The van der Waals surface area contributed by atoms with E-state index in [0.29, 0.717) is 0 Å². The second kappa shape index (κ2) is 6.88. The van der Waals surface area contributed by atoms with Gasteiger partial charge in [-0.15, -0.1) is 0 Å². The smallest absolute Gasteiger partial charge is 0.115 e. The third-order valence-electron chi connectivity index (χ3n) is 3.69. The fourth-order valence-electron chi connectivity index (χ4n) is 2.62. The molecular weight excluding hydrogens is 260 g/mol. The summed E-state index contributed by atoms with van der Waals surface area (Å²) in [6, 6.07) is 12.5. The molecule has 1 aliphatic rings. The maximum atomic E-state index is 3.67. The van der Waals surface area contributed by atoms with Crippen LogP contribution in [0.15, 0.2) is 55.1 Å². The summed E-state index contributed by atoms with van der Waals surface area (Å²) in [6.45, 7) is 2.40. The SMILES string of the molecule is c1ccc2[nH]c(N3CCCCC3)cc2c1.c1cncnc1. The van der Waals surface area contributed by atoms with Gasteiger partial charge in [-0.3, -0.25) is 0 Å². The van der Waals surface area contributed by atoms with Gasteiger partial charge in [-0.05, 0) is 37.5 Å². The summed E-state index contributed by atoms with van der Waals surface area (Å²) in [7, 11) is 0. The van der Waals surface area contributed by atoms with Crippen molar-refractivity contribution in [1.29, 1.82) is 0 Å². The first-order valence-electron chi connectivity index (χ1n) is 7.46. The van der Waals surface area contributed by atoms with E-state index >= 15 is 0 Å². The highest BCUT2D eigenvalue weighted by Crippen LogP contribution is 2.23. The number of piperidine rings is 1. The van der Waals surface area contributed by atoms with E-state index in [-0.39, 0.29) is 0 Å². The molecule has 108 valence electrons. The highest BCUT2D eigenvalue weighted by Gasteiger charge is 2.12. The number of benzene rings is 1. The molecule has 0 aliphatic carbocycles. The van der Waals surface area contributed by atoms with Crippen LogP contribution in [0, 0.1) is 0 Å². The van der Waals surface area contributed by atoms with Gasteiger partial charge in [0, 0.05) is 36.4 Å². The number of H-pyrrole nitrogens is 1. The van der Waals surface area contributed by atoms with Gasteiger partial charge in [0.15, 0.2) is 0 Å². The summed E-state index contributed by atoms with van der Waals surface area (Å²) in [5, 5.41) is 1.32. The van der Waals surface area contributed by atoms with E-state index < -0.39 is 0 Å². The van der Waals surface area contributed by atoms with Crippen molar-refractivity contribution in [1.82, 2.24) is 15.0 Å². The minimum Gasteiger partial charge on any atom is -0.358 e. The molecule has 0 unspecified atom stereocenters. The van der Waals surface area contributed by atoms with Gasteiger partial charge < -0.3 is 9.88 Å². The number of aromatic amines is 1. The number of hydrogen-bond acceptors (Lipinski definition) is 3. The minimum absolute atomic E-state index is 1.20. The normalized spacial score (nSPS) is 14.6. The molecule has 1 saturated heterocycles. The third-order valence-corrected chi connectivity index (χ3v) is 3.69. The van der Waals surface area contributed by atoms with Crippen LogP contribution in [0.2, 0.25) is 0 Å². The van der Waals surface area contributed by atoms with Gasteiger partial charge >= 0.3 is 0 Å². The molecule has 1 aliphatic heterocycles. The first-order chi connectivity index (χ1) is 10.4. The fraction of sp³-hybridized carbons (Fsp3) is 0.294. The summed E-state index contributed by atoms with van der Waals surface area (Å²) in [5.74, 6) is 1.29. The van der Waals surface area contributed by atoms with Crippen LogP contribution in [0.4, 0.5) is 5.82 Å². The van der Waals surface area contributed by atoms with Crippen molar-refractivity contribution < 1.29 is 0 Å². The monoisotopic (exact) mass is 280 g/mol. The third kappa shape index (κ3) is 3.60. The molecule has 1 aromatic carbocycles. The Kier molecular flexibility index (Phi) is 4.46. The van der Waals surface area contributed by atoms with Crippen molar-refractivity contribution in [2.24, 2.45) is 0 Å². The molecule has 0 amide bonds. The van der Waals surface area contributed by atoms with Crippen LogP contribution in [0.1, 0.15) is 19.3 Å². The highest BCUT2D eigenvalue weighted by atomic mass is 15.2. The molecule has 2 aromatic heterocycles. The number of nitrogens with one attached hydrogen (secondary N) is 1. The van der Waals surface area contributed by atoms with E-state index in [0.717, 1.165) is 0 Å². The molecule has 4 nitrogen and oxygen atoms in total. The summed E-state index contributed by atoms with van der Waals surface area (Å²) >= 11 is 0. The summed E-state index contributed by atoms with van der Waals surface area (Å²) < 4.78 is 0. The number of aromatic nitrogens is 3. The Balaban J connectivity index is 0.000000186. The van der Waals surface area contributed by atoms with Crippen molar-refractivity contribution in [3.8, 4) is 0 Å². The number of para-hydroxylation sites is 1. The largest absolute Gasteiger partial charge is 0.358 e. The van der Waals surface area contributed by atoms with Crippen molar-refractivity contribution in [3.05, 3.63) is 55.1 Å². The van der Waals surface area contributed by atoms with Gasteiger partial charge in [0.2, 0.25) is 0 Å². The molecule has 3 heterocycles. The molecule has 0 saturated carbocycles. The second-order valence-corrected chi connectivity index (χ2v) is 5.19. The zero-order valence-electron chi connectivity index (χ0n) is 12.1. The predicted molar refractivity (Wildman–Crippen MR) is 86.4 cm³/mol. The Morgan fingerprint density at radius 2 is 1.67 bits per heavy atom. The molecule has 1 N–H and O–H groups in total. The minimum atomic E-state index is 1.20. The maximum Gasteiger partial charge on any atom is 0.115 e. The lowest BCUT2D eigenvalue weighted by atomic mass is 10.1. The van der Waals surface area contributed by atoms with E-state index in [2.05, 4.69) is 50.2 Å². The predicted octanol–water partition coefficient (Wildman–Crippen LogP) is 3.63. The van der Waals surface area contributed by atoms with Gasteiger partial charge in [-0.25, -0.2) is 9.97 Å². The Bertz CT molecular complexity index is 597. The Hall–Kier alpha value is -2.36. The molecule has 21 heavy (non-hydrogen) atoms. The number of hydrogen-bond donors (Lipinski definition) is 1. The molecular formula is C17H20N4. The van der Waals surface area contributed by atoms with Gasteiger partial charge in [-0.2, -0.15) is 0 Å². The molecule has 1 fully saturated rings. The van der Waals surface area contributed by atoms with Gasteiger partial charge in [0.1, 0.15) is 12.1 Å². The number of rotatable bonds is 1. The second-order valence-electron chi connectivity index (χ2n) is 5.19. The van der Waals surface area contributed by atoms with Gasteiger partial charge in [0.05, 0.1) is 0 Å². The van der Waals surface area contributed by atoms with E-state index in [1.165, 1.54) is 55.4 Å². The molecule has 0 bridgehead atoms. The van der Waals surface area contributed by atoms with Crippen molar-refractivity contribution in [2.45, 2.75) is 19.3 Å². The molecule has 3 aromatic rings. The summed E-state index contributed by atoms with van der Waals surface area (Å²) in [5.41, 5.74) is 1.25. The molecule has 4 rings (SSSR count). The zero-order chi connectivity index (χ0) is 14.3. The average molecular weight is 280 g/mol. The Labute approximate surface area is 124 Å². The first kappa shape index (κ1) is 13.6. The van der Waals surface area contributed by atoms with E-state index in [4.69, 9.17) is 0 Å². The Morgan fingerprint density at radius 3 is 2.29 bits per heavy atom. The zero-order valence-corrected chi connectivity index (χ0v) is 12.1. The van der Waals surface area contributed by atoms with Crippen LogP contribution in [-0.4, -0.2) is 28.0 Å². The van der Waals surface area contributed by atoms with Crippen LogP contribution in [0.25, 0.3) is 10.9 Å². The number of anilines is 1. The lowest BCUT2D eigenvalue weighted by molar-refractivity contribution is 0.574. The number of fused-ring (bicyclic) bond motifs is 1. The van der Waals surface area contributed by atoms with Gasteiger partial charge in [-0.1, -0.05) is 18.2 Å². The quantitative estimate of drug-likeness (QED) is 0.740. The summed E-state index contributed by atoms with van der Waals surface area (Å²) in [6.07, 6.45) is 8.92. The average Bonchev–Trinajstić information content (AvgIpc) is 3.02. The van der Waals surface area contributed by atoms with Crippen LogP contribution >= 0.6 is 0 Å². The highest BCUT2D eigenvalue weighted by molar-refractivity contribution is 5.83. The van der Waals surface area contributed by atoms with Crippen LogP contribution < -0.4 is 4.90 Å². The van der Waals surface area contributed by atoms with E-state index in [9.17, 15) is 0 Å². The molecule has 0 radical (unpaired) electrons. The van der Waals surface area contributed by atoms with Crippen LogP contribution in [0.3, 0.4) is 0 Å². The lowest BCUT2D eigenvalue weighted by Gasteiger charge is -2.27. The van der Waals surface area contributed by atoms with Crippen molar-refractivity contribution >= 4 is 16.7 Å². The number of nitrogens with zero attached hydrogens (tertiary/aromatic N) is 3. The van der Waals surface area contributed by atoms with Crippen molar-refractivity contribution in [2.75, 3.05) is 18.0 Å². The standard InChI is InChI=1S/C13H16N2.C4H4N2/c1-4-8-15(9-5-1)13-10-11-6-2-3-7-12(11)14-13;1-2-5-4-6-3-1/h2-3,6-7,10,14H,1,4-5,8-9H2;1-4H. The maximum absolute atomic E-state index is 3.67. The molecule has 4 heteroatoms. The fourth-order valence-corrected chi connectivity index (χ4v) is 2.62. The van der Waals surface area contributed by atoms with Crippen LogP contribution in [-0.2, 0) is 0 Å². The molecule has 0 spiro atoms. The lowest BCUT2D eigenvalue weighted by Crippen LogP contribution is -2.29. The van der Waals surface area contributed by atoms with E-state index in [1.54, 1.807) is 18.5 Å².